The van der Waals surface area contributed by atoms with E-state index in [1.165, 1.54) is 4.88 Å². The zero-order chi connectivity index (χ0) is 16.7. The maximum absolute atomic E-state index is 10.5. The van der Waals surface area contributed by atoms with Gasteiger partial charge >= 0.3 is 0 Å². The van der Waals surface area contributed by atoms with Crippen molar-refractivity contribution in [1.29, 1.82) is 0 Å². The van der Waals surface area contributed by atoms with Gasteiger partial charge in [-0.25, -0.2) is 4.99 Å². The van der Waals surface area contributed by atoms with Gasteiger partial charge in [0, 0.05) is 25.0 Å². The van der Waals surface area contributed by atoms with Gasteiger partial charge in [-0.2, -0.15) is 0 Å². The van der Waals surface area contributed by atoms with Crippen LogP contribution in [-0.4, -0.2) is 42.6 Å². The van der Waals surface area contributed by atoms with Gasteiger partial charge in [0.2, 0.25) is 0 Å². The standard InChI is InChI=1S/C17H25N3O2S/c1-4-18-16(20(3)10-9-14-7-6-12-23-14)19-13-17(2,21)15-8-5-11-22-15/h5-8,11-12,21H,4,9-10,13H2,1-3H3,(H,18,19). The highest BCUT2D eigenvalue weighted by molar-refractivity contribution is 7.09. The van der Waals surface area contributed by atoms with Gasteiger partial charge in [-0.3, -0.25) is 0 Å². The van der Waals surface area contributed by atoms with Crippen LogP contribution in [0, 0.1) is 0 Å². The molecule has 0 aliphatic heterocycles. The molecule has 0 aliphatic carbocycles. The monoisotopic (exact) mass is 335 g/mol. The average molecular weight is 335 g/mol. The molecule has 0 saturated heterocycles. The Labute approximate surface area is 141 Å². The molecule has 0 saturated carbocycles. The van der Waals surface area contributed by atoms with Crippen molar-refractivity contribution in [3.05, 3.63) is 46.5 Å². The van der Waals surface area contributed by atoms with E-state index in [-0.39, 0.29) is 6.54 Å². The predicted octanol–water partition coefficient (Wildman–Crippen LogP) is 2.69. The van der Waals surface area contributed by atoms with Crippen LogP contribution in [0.3, 0.4) is 0 Å². The first-order chi connectivity index (χ1) is 11.0. The number of likely N-dealkylation sites (N-methyl/N-ethyl adjacent to an activating group) is 1. The lowest BCUT2D eigenvalue weighted by molar-refractivity contribution is 0.0435. The predicted molar refractivity (Wildman–Crippen MR) is 94.9 cm³/mol. The molecule has 0 spiro atoms. The van der Waals surface area contributed by atoms with Crippen molar-refractivity contribution in [3.63, 3.8) is 0 Å². The molecule has 0 bridgehead atoms. The zero-order valence-electron chi connectivity index (χ0n) is 14.0. The van der Waals surface area contributed by atoms with E-state index in [0.29, 0.717) is 5.76 Å². The van der Waals surface area contributed by atoms with E-state index in [9.17, 15) is 5.11 Å². The summed E-state index contributed by atoms with van der Waals surface area (Å²) in [5.41, 5.74) is -1.11. The quantitative estimate of drug-likeness (QED) is 0.603. The van der Waals surface area contributed by atoms with Crippen molar-refractivity contribution in [1.82, 2.24) is 10.2 Å². The minimum Gasteiger partial charge on any atom is -0.466 e. The molecule has 1 atom stereocenters. The van der Waals surface area contributed by atoms with E-state index in [1.54, 1.807) is 36.7 Å². The lowest BCUT2D eigenvalue weighted by Crippen LogP contribution is -2.41. The van der Waals surface area contributed by atoms with Crippen LogP contribution in [0.4, 0.5) is 0 Å². The number of aliphatic imine (C=N–C) groups is 1. The molecule has 2 heterocycles. The Morgan fingerprint density at radius 2 is 2.26 bits per heavy atom. The smallest absolute Gasteiger partial charge is 0.193 e. The van der Waals surface area contributed by atoms with E-state index in [0.717, 1.165) is 25.5 Å². The third-order valence-electron chi connectivity index (χ3n) is 3.56. The number of hydrogen-bond acceptors (Lipinski definition) is 4. The van der Waals surface area contributed by atoms with Gasteiger partial charge in [-0.15, -0.1) is 11.3 Å². The van der Waals surface area contributed by atoms with Crippen molar-refractivity contribution < 1.29 is 9.52 Å². The highest BCUT2D eigenvalue weighted by Gasteiger charge is 2.26. The van der Waals surface area contributed by atoms with Gasteiger partial charge in [0.15, 0.2) is 5.96 Å². The minimum atomic E-state index is -1.11. The van der Waals surface area contributed by atoms with Crippen LogP contribution < -0.4 is 5.32 Å². The first-order valence-corrected chi connectivity index (χ1v) is 8.69. The molecular formula is C17H25N3O2S. The lowest BCUT2D eigenvalue weighted by Gasteiger charge is -2.24. The van der Waals surface area contributed by atoms with Crippen molar-refractivity contribution >= 4 is 17.3 Å². The fourth-order valence-corrected chi connectivity index (χ4v) is 2.90. The van der Waals surface area contributed by atoms with E-state index in [4.69, 9.17) is 4.42 Å². The van der Waals surface area contributed by atoms with Gasteiger partial charge < -0.3 is 19.7 Å². The fraction of sp³-hybridized carbons (Fsp3) is 0.471. The van der Waals surface area contributed by atoms with E-state index in [2.05, 4.69) is 32.7 Å². The van der Waals surface area contributed by atoms with Gasteiger partial charge in [0.05, 0.1) is 12.8 Å². The number of rotatable bonds is 7. The topological polar surface area (TPSA) is 61.0 Å². The third kappa shape index (κ3) is 5.11. The van der Waals surface area contributed by atoms with Gasteiger partial charge in [0.25, 0.3) is 0 Å². The second-order valence-corrected chi connectivity index (χ2v) is 6.70. The summed E-state index contributed by atoms with van der Waals surface area (Å²) in [7, 11) is 2.01. The largest absolute Gasteiger partial charge is 0.466 e. The highest BCUT2D eigenvalue weighted by Crippen LogP contribution is 2.21. The Bertz CT molecular complexity index is 591. The molecule has 2 aromatic rings. The summed E-state index contributed by atoms with van der Waals surface area (Å²) < 4.78 is 5.30. The molecule has 0 aromatic carbocycles. The fourth-order valence-electron chi connectivity index (χ4n) is 2.20. The Balaban J connectivity index is 1.98. The Kier molecular flexibility index (Phi) is 6.24. The van der Waals surface area contributed by atoms with Crippen molar-refractivity contribution in [3.8, 4) is 0 Å². The second kappa shape index (κ2) is 8.17. The molecule has 2 aromatic heterocycles. The summed E-state index contributed by atoms with van der Waals surface area (Å²) in [6, 6.07) is 7.75. The number of hydrogen-bond donors (Lipinski definition) is 2. The first kappa shape index (κ1) is 17.6. The zero-order valence-corrected chi connectivity index (χ0v) is 14.8. The van der Waals surface area contributed by atoms with Crippen LogP contribution in [0.1, 0.15) is 24.5 Å². The Morgan fingerprint density at radius 3 is 2.87 bits per heavy atom. The molecular weight excluding hydrogens is 310 g/mol. The minimum absolute atomic E-state index is 0.242. The number of furan rings is 1. The summed E-state index contributed by atoms with van der Waals surface area (Å²) in [4.78, 5) is 8.01. The van der Waals surface area contributed by atoms with Crippen LogP contribution in [0.15, 0.2) is 45.3 Å². The summed E-state index contributed by atoms with van der Waals surface area (Å²) in [6.07, 6.45) is 2.54. The lowest BCUT2D eigenvalue weighted by atomic mass is 10.0. The maximum atomic E-state index is 10.5. The third-order valence-corrected chi connectivity index (χ3v) is 4.50. The Hall–Kier alpha value is -1.79. The van der Waals surface area contributed by atoms with Crippen LogP contribution in [0.5, 0.6) is 0 Å². The molecule has 23 heavy (non-hydrogen) atoms. The van der Waals surface area contributed by atoms with Gasteiger partial charge in [-0.05, 0) is 43.8 Å². The number of guanidine groups is 1. The molecule has 126 valence electrons. The molecule has 6 heteroatoms. The van der Waals surface area contributed by atoms with Gasteiger partial charge in [-0.1, -0.05) is 6.07 Å². The van der Waals surface area contributed by atoms with E-state index >= 15 is 0 Å². The molecule has 0 aliphatic rings. The Morgan fingerprint density at radius 1 is 1.43 bits per heavy atom. The molecule has 1 unspecified atom stereocenters. The van der Waals surface area contributed by atoms with Crippen LogP contribution >= 0.6 is 11.3 Å². The maximum Gasteiger partial charge on any atom is 0.193 e. The van der Waals surface area contributed by atoms with Crippen molar-refractivity contribution in [2.45, 2.75) is 25.9 Å². The summed E-state index contributed by atoms with van der Waals surface area (Å²) in [6.45, 7) is 5.64. The van der Waals surface area contributed by atoms with Crippen molar-refractivity contribution in [2.24, 2.45) is 4.99 Å². The molecule has 0 amide bonds. The normalized spacial score (nSPS) is 14.5. The number of nitrogens with zero attached hydrogens (tertiary/aromatic N) is 2. The van der Waals surface area contributed by atoms with E-state index in [1.807, 2.05) is 14.0 Å². The SMILES string of the molecule is CCNC(=NCC(C)(O)c1ccco1)N(C)CCc1cccs1. The van der Waals surface area contributed by atoms with E-state index < -0.39 is 5.60 Å². The van der Waals surface area contributed by atoms with Gasteiger partial charge in [0.1, 0.15) is 11.4 Å². The highest BCUT2D eigenvalue weighted by atomic mass is 32.1. The number of thiophene rings is 1. The molecule has 2 N–H and O–H groups in total. The summed E-state index contributed by atoms with van der Waals surface area (Å²) in [5.74, 6) is 1.31. The second-order valence-electron chi connectivity index (χ2n) is 5.67. The van der Waals surface area contributed by atoms with Crippen LogP contribution in [0.25, 0.3) is 0 Å². The average Bonchev–Trinajstić information content (AvgIpc) is 3.22. The van der Waals surface area contributed by atoms with Crippen molar-refractivity contribution in [2.75, 3.05) is 26.7 Å². The first-order valence-electron chi connectivity index (χ1n) is 7.81. The molecule has 0 radical (unpaired) electrons. The number of aliphatic hydroxyl groups is 1. The van der Waals surface area contributed by atoms with Crippen LogP contribution in [0.2, 0.25) is 0 Å². The molecule has 2 rings (SSSR count). The summed E-state index contributed by atoms with van der Waals surface area (Å²) in [5, 5.41) is 15.9. The molecule has 5 nitrogen and oxygen atoms in total. The van der Waals surface area contributed by atoms with Crippen LogP contribution in [-0.2, 0) is 12.0 Å². The summed E-state index contributed by atoms with van der Waals surface area (Å²) >= 11 is 1.77. The molecule has 0 fully saturated rings. The number of nitrogens with one attached hydrogen (secondary N) is 1.